The first kappa shape index (κ1) is 40.1. The molecular formula is C36H76O3P+. The van der Waals surface area contributed by atoms with E-state index in [4.69, 9.17) is 9.05 Å². The van der Waals surface area contributed by atoms with E-state index in [1.54, 1.807) is 0 Å². The van der Waals surface area contributed by atoms with Gasteiger partial charge in [-0.25, -0.2) is 0 Å². The zero-order chi connectivity index (χ0) is 29.0. The summed E-state index contributed by atoms with van der Waals surface area (Å²) in [6.45, 7) is 5.76. The van der Waals surface area contributed by atoms with Crippen molar-refractivity contribution in [3.8, 4) is 0 Å². The molecule has 0 saturated carbocycles. The van der Waals surface area contributed by atoms with Crippen molar-refractivity contribution in [3.05, 3.63) is 0 Å². The van der Waals surface area contributed by atoms with Gasteiger partial charge in [0.05, 0.1) is 13.2 Å². The van der Waals surface area contributed by atoms with Crippen LogP contribution in [0.3, 0.4) is 0 Å². The molecule has 0 aliphatic carbocycles. The summed E-state index contributed by atoms with van der Waals surface area (Å²) in [6, 6.07) is 0. The second kappa shape index (κ2) is 37.2. The van der Waals surface area contributed by atoms with E-state index in [1.807, 2.05) is 0 Å². The topological polar surface area (TPSA) is 35.5 Å². The van der Waals surface area contributed by atoms with Crippen LogP contribution in [0.15, 0.2) is 0 Å². The minimum absolute atomic E-state index is 0. The van der Waals surface area contributed by atoms with Crippen molar-refractivity contribution >= 4 is 8.25 Å². The molecule has 0 amide bonds. The van der Waals surface area contributed by atoms with Crippen LogP contribution in [0.4, 0.5) is 0 Å². The molecule has 3 nitrogen and oxygen atoms in total. The van der Waals surface area contributed by atoms with Gasteiger partial charge in [0, 0.05) is 0 Å². The standard InChI is InChI=1S/C36H75O3P/c1-3-5-7-9-11-13-15-17-19-21-23-25-27-29-31-33-35-38-40(37)39-36-34-32-30-28-26-24-22-20-18-16-14-12-10-8-6-4-2/h40H,3-36H2,1-2H3/p+1. The predicted molar refractivity (Wildman–Crippen MR) is 181 cm³/mol. The molecule has 0 saturated heterocycles. The van der Waals surface area contributed by atoms with E-state index in [0.717, 1.165) is 12.8 Å². The van der Waals surface area contributed by atoms with Gasteiger partial charge in [-0.2, -0.15) is 0 Å². The molecule has 0 aromatic heterocycles. The maximum absolute atomic E-state index is 11.9. The summed E-state index contributed by atoms with van der Waals surface area (Å²) in [5.74, 6) is 0. The van der Waals surface area contributed by atoms with Gasteiger partial charge in [-0.3, -0.25) is 4.57 Å². The Labute approximate surface area is 255 Å². The van der Waals surface area contributed by atoms with Crippen molar-refractivity contribution in [1.82, 2.24) is 0 Å². The summed E-state index contributed by atoms with van der Waals surface area (Å²) in [5.41, 5.74) is 0. The molecule has 0 unspecified atom stereocenters. The van der Waals surface area contributed by atoms with Gasteiger partial charge < -0.3 is 9.05 Å². The molecule has 0 spiro atoms. The third-order valence-corrected chi connectivity index (χ3v) is 9.32. The lowest BCUT2D eigenvalue weighted by molar-refractivity contribution is 0.218. The summed E-state index contributed by atoms with van der Waals surface area (Å²) in [7, 11) is -2.28. The molecule has 0 rings (SSSR count). The van der Waals surface area contributed by atoms with Gasteiger partial charge in [0.1, 0.15) is 0 Å². The molecule has 242 valence electrons. The van der Waals surface area contributed by atoms with Crippen LogP contribution in [0.2, 0.25) is 0 Å². The van der Waals surface area contributed by atoms with Gasteiger partial charge in [-0.1, -0.05) is 206 Å². The zero-order valence-corrected chi connectivity index (χ0v) is 28.8. The van der Waals surface area contributed by atoms with Crippen molar-refractivity contribution in [2.75, 3.05) is 13.2 Å². The lowest BCUT2D eigenvalue weighted by atomic mass is 10.0. The first-order valence-corrected chi connectivity index (χ1v) is 19.8. The van der Waals surface area contributed by atoms with Crippen molar-refractivity contribution in [2.45, 2.75) is 219 Å². The van der Waals surface area contributed by atoms with Crippen LogP contribution in [-0.4, -0.2) is 13.2 Å². The van der Waals surface area contributed by atoms with Gasteiger partial charge in [0.15, 0.2) is 0 Å². The Morgan fingerprint density at radius 2 is 0.500 bits per heavy atom. The van der Waals surface area contributed by atoms with Gasteiger partial charge in [0.2, 0.25) is 0 Å². The largest absolute Gasteiger partial charge is 1.00 e. The minimum Gasteiger partial charge on any atom is -0.311 e. The third kappa shape index (κ3) is 36.2. The molecule has 0 bridgehead atoms. The van der Waals surface area contributed by atoms with Crippen molar-refractivity contribution in [3.63, 3.8) is 0 Å². The van der Waals surface area contributed by atoms with Crippen LogP contribution >= 0.6 is 8.25 Å². The number of rotatable bonds is 36. The summed E-state index contributed by atoms with van der Waals surface area (Å²) in [6.07, 6.45) is 43.7. The van der Waals surface area contributed by atoms with E-state index in [9.17, 15) is 4.57 Å². The first-order valence-electron chi connectivity index (χ1n) is 18.6. The third-order valence-electron chi connectivity index (χ3n) is 8.44. The highest BCUT2D eigenvalue weighted by Crippen LogP contribution is 2.25. The monoisotopic (exact) mass is 588 g/mol. The average Bonchev–Trinajstić information content (AvgIpc) is 2.96. The van der Waals surface area contributed by atoms with Crippen LogP contribution in [0, 0.1) is 0 Å². The maximum Gasteiger partial charge on any atom is 1.00 e. The molecule has 0 radical (unpaired) electrons. The van der Waals surface area contributed by atoms with Crippen LogP contribution in [0.25, 0.3) is 0 Å². The van der Waals surface area contributed by atoms with E-state index in [0.29, 0.717) is 13.2 Å². The van der Waals surface area contributed by atoms with Gasteiger partial charge in [-0.15, -0.1) is 0 Å². The smallest absolute Gasteiger partial charge is 0.311 e. The van der Waals surface area contributed by atoms with Crippen LogP contribution in [-0.2, 0) is 13.6 Å². The molecule has 0 aromatic carbocycles. The van der Waals surface area contributed by atoms with E-state index < -0.39 is 8.25 Å². The number of unbranched alkanes of at least 4 members (excludes halogenated alkanes) is 30. The lowest BCUT2D eigenvalue weighted by Crippen LogP contribution is -1.92. The fraction of sp³-hybridized carbons (Fsp3) is 1.00. The predicted octanol–water partition coefficient (Wildman–Crippen LogP) is 14.0. The average molecular weight is 588 g/mol. The molecular weight excluding hydrogens is 511 g/mol. The highest BCUT2D eigenvalue weighted by Gasteiger charge is 2.01. The highest BCUT2D eigenvalue weighted by atomic mass is 31.1. The fourth-order valence-corrected chi connectivity index (χ4v) is 6.36. The molecule has 0 aliphatic rings. The van der Waals surface area contributed by atoms with Crippen LogP contribution in [0.5, 0.6) is 0 Å². The Morgan fingerprint density at radius 3 is 0.700 bits per heavy atom. The second-order valence-corrected chi connectivity index (χ2v) is 13.6. The molecule has 4 heteroatoms. The summed E-state index contributed by atoms with van der Waals surface area (Å²) in [5, 5.41) is 0. The fourth-order valence-electron chi connectivity index (χ4n) is 5.65. The van der Waals surface area contributed by atoms with E-state index in [-0.39, 0.29) is 1.43 Å². The summed E-state index contributed by atoms with van der Waals surface area (Å²) < 4.78 is 22.7. The molecule has 40 heavy (non-hydrogen) atoms. The molecule has 0 atom stereocenters. The summed E-state index contributed by atoms with van der Waals surface area (Å²) >= 11 is 0. The second-order valence-electron chi connectivity index (χ2n) is 12.6. The van der Waals surface area contributed by atoms with E-state index in [1.165, 1.54) is 193 Å². The van der Waals surface area contributed by atoms with Crippen LogP contribution < -0.4 is 0 Å². The number of hydrogen-bond donors (Lipinski definition) is 0. The minimum atomic E-state index is -2.28. The zero-order valence-electron chi connectivity index (χ0n) is 28.8. The molecule has 0 heterocycles. The maximum atomic E-state index is 11.9. The van der Waals surface area contributed by atoms with Crippen molar-refractivity contribution in [2.24, 2.45) is 0 Å². The number of hydrogen-bond acceptors (Lipinski definition) is 3. The molecule has 0 N–H and O–H groups in total. The van der Waals surface area contributed by atoms with Gasteiger partial charge in [0.25, 0.3) is 0 Å². The van der Waals surface area contributed by atoms with E-state index in [2.05, 4.69) is 13.8 Å². The first-order chi connectivity index (χ1) is 19.8. The Hall–Kier alpha value is 0.150. The molecule has 0 aromatic rings. The Bertz CT molecular complexity index is 438. The van der Waals surface area contributed by atoms with Crippen LogP contribution in [0.1, 0.15) is 221 Å². The van der Waals surface area contributed by atoms with Crippen molar-refractivity contribution < 1.29 is 15.0 Å². The SMILES string of the molecule is CCCCCCCCCCCCCCCCCCO[PH](=O)OCCCCCCCCCCCCCCCCCC.[H+]. The normalized spacial score (nSPS) is 11.7. The van der Waals surface area contributed by atoms with Crippen molar-refractivity contribution in [1.29, 1.82) is 0 Å². The Morgan fingerprint density at radius 1 is 0.325 bits per heavy atom. The molecule has 0 aliphatic heterocycles. The van der Waals surface area contributed by atoms with Gasteiger partial charge >= 0.3 is 9.68 Å². The van der Waals surface area contributed by atoms with E-state index >= 15 is 0 Å². The quantitative estimate of drug-likeness (QED) is 0.0540. The van der Waals surface area contributed by atoms with Gasteiger partial charge in [-0.05, 0) is 12.8 Å². The molecule has 0 fully saturated rings. The Balaban J connectivity index is 0. The summed E-state index contributed by atoms with van der Waals surface area (Å²) in [4.78, 5) is 0. The Kier molecular flexibility index (Phi) is 37.3. The lowest BCUT2D eigenvalue weighted by Gasteiger charge is -2.06. The highest BCUT2D eigenvalue weighted by molar-refractivity contribution is 7.33.